The van der Waals surface area contributed by atoms with Crippen LogP contribution in [0.1, 0.15) is 42.3 Å². The van der Waals surface area contributed by atoms with Crippen molar-refractivity contribution in [3.63, 3.8) is 0 Å². The van der Waals surface area contributed by atoms with Crippen LogP contribution < -0.4 is 5.32 Å². The number of amides is 2. The lowest BCUT2D eigenvalue weighted by molar-refractivity contribution is 0.224. The van der Waals surface area contributed by atoms with Crippen molar-refractivity contribution in [3.05, 3.63) is 46.8 Å². The van der Waals surface area contributed by atoms with Gasteiger partial charge in [0.15, 0.2) is 0 Å². The number of fused-ring (bicyclic) bond motifs is 1. The van der Waals surface area contributed by atoms with Gasteiger partial charge in [-0.2, -0.15) is 5.10 Å². The first-order valence-electron chi connectivity index (χ1n) is 9.00. The van der Waals surface area contributed by atoms with Gasteiger partial charge in [-0.15, -0.1) is 11.8 Å². The monoisotopic (exact) mass is 370 g/mol. The van der Waals surface area contributed by atoms with Crippen molar-refractivity contribution in [1.82, 2.24) is 9.99 Å². The number of carbonyl (C=O) groups excluding carboxylic acids is 1. The van der Waals surface area contributed by atoms with Gasteiger partial charge >= 0.3 is 6.03 Å². The third kappa shape index (κ3) is 3.80. The lowest BCUT2D eigenvalue weighted by Gasteiger charge is -2.19. The number of hydrogen-bond acceptors (Lipinski definition) is 3. The second-order valence-corrected chi connectivity index (χ2v) is 7.40. The summed E-state index contributed by atoms with van der Waals surface area (Å²) in [7, 11) is 1.71. The van der Waals surface area contributed by atoms with E-state index in [-0.39, 0.29) is 6.03 Å². The Morgan fingerprint density at radius 1 is 1.31 bits per heavy atom. The van der Waals surface area contributed by atoms with Crippen molar-refractivity contribution in [3.8, 4) is 0 Å². The molecular formula is C20H26N4OS. The smallest absolute Gasteiger partial charge is 0.341 e. The topological polar surface area (TPSA) is 60.5 Å². The normalized spacial score (nSPS) is 15.0. The number of rotatable bonds is 4. The highest BCUT2D eigenvalue weighted by molar-refractivity contribution is 7.98. The van der Waals surface area contributed by atoms with Crippen LogP contribution in [0.4, 0.5) is 10.5 Å². The van der Waals surface area contributed by atoms with Crippen molar-refractivity contribution in [1.29, 1.82) is 0 Å². The summed E-state index contributed by atoms with van der Waals surface area (Å²) in [5.41, 5.74) is 6.79. The fourth-order valence-electron chi connectivity index (χ4n) is 3.47. The summed E-state index contributed by atoms with van der Waals surface area (Å²) in [5.74, 6) is 0. The van der Waals surface area contributed by atoms with Crippen molar-refractivity contribution in [2.75, 3.05) is 18.6 Å². The summed E-state index contributed by atoms with van der Waals surface area (Å²) in [5, 5.41) is 8.96. The van der Waals surface area contributed by atoms with E-state index >= 15 is 0 Å². The van der Waals surface area contributed by atoms with Crippen LogP contribution in [0, 0.1) is 6.92 Å². The highest BCUT2D eigenvalue weighted by Gasteiger charge is 2.23. The molecule has 5 nitrogen and oxygen atoms in total. The number of carbonyl (C=O) groups is 1. The third-order valence-corrected chi connectivity index (χ3v) is 5.53. The van der Waals surface area contributed by atoms with Crippen LogP contribution in [-0.4, -0.2) is 35.0 Å². The highest BCUT2D eigenvalue weighted by atomic mass is 32.2. The Morgan fingerprint density at radius 2 is 2.04 bits per heavy atom. The molecule has 0 spiro atoms. The molecule has 0 saturated carbocycles. The first-order chi connectivity index (χ1) is 12.5. The predicted molar refractivity (Wildman–Crippen MR) is 109 cm³/mol. The van der Waals surface area contributed by atoms with Gasteiger partial charge in [-0.3, -0.25) is 0 Å². The van der Waals surface area contributed by atoms with Crippen LogP contribution in [0.25, 0.3) is 0 Å². The molecule has 1 aliphatic carbocycles. The molecule has 1 aromatic carbocycles. The number of hydrogen-bond donors (Lipinski definition) is 2. The summed E-state index contributed by atoms with van der Waals surface area (Å²) in [4.78, 5) is 17.2. The van der Waals surface area contributed by atoms with Crippen LogP contribution in [0.15, 0.2) is 34.3 Å². The van der Waals surface area contributed by atoms with Crippen molar-refractivity contribution in [2.24, 2.45) is 5.10 Å². The number of anilines is 1. The number of aryl methyl sites for hydroxylation is 2. The Hall–Kier alpha value is -2.21. The highest BCUT2D eigenvalue weighted by Crippen LogP contribution is 2.28. The molecule has 0 fully saturated rings. The Balaban J connectivity index is 1.78. The van der Waals surface area contributed by atoms with E-state index in [1.54, 1.807) is 18.8 Å². The maximum atomic E-state index is 12.5. The number of nitrogens with one attached hydrogen (secondary N) is 2. The molecule has 0 radical (unpaired) electrons. The third-order valence-electron chi connectivity index (χ3n) is 4.78. The van der Waals surface area contributed by atoms with E-state index in [0.717, 1.165) is 37.1 Å². The quantitative estimate of drug-likeness (QED) is 0.599. The molecule has 1 aromatic heterocycles. The van der Waals surface area contributed by atoms with Crippen LogP contribution in [0.3, 0.4) is 0 Å². The number of aromatic nitrogens is 1. The van der Waals surface area contributed by atoms with E-state index in [0.29, 0.717) is 0 Å². The molecule has 6 heteroatoms. The van der Waals surface area contributed by atoms with Crippen molar-refractivity contribution < 1.29 is 4.79 Å². The first-order valence-corrected chi connectivity index (χ1v) is 10.2. The summed E-state index contributed by atoms with van der Waals surface area (Å²) in [6.07, 6.45) is 6.00. The minimum Gasteiger partial charge on any atom is -0.362 e. The Bertz CT molecular complexity index is 823. The maximum Gasteiger partial charge on any atom is 0.341 e. The molecule has 2 amide bonds. The summed E-state index contributed by atoms with van der Waals surface area (Å²) in [6.45, 7) is 4.28. The summed E-state index contributed by atoms with van der Waals surface area (Å²) >= 11 is 1.68. The van der Waals surface area contributed by atoms with E-state index in [1.165, 1.54) is 32.4 Å². The largest absolute Gasteiger partial charge is 0.362 e. The molecule has 0 unspecified atom stereocenters. The van der Waals surface area contributed by atoms with Gasteiger partial charge in [0.05, 0.1) is 5.71 Å². The lowest BCUT2D eigenvalue weighted by Crippen LogP contribution is -2.29. The molecule has 2 N–H and O–H groups in total. The number of aromatic amines is 1. The average Bonchev–Trinajstić information content (AvgIpc) is 2.98. The molecule has 26 heavy (non-hydrogen) atoms. The molecule has 3 rings (SSSR count). The van der Waals surface area contributed by atoms with Crippen LogP contribution in [-0.2, 0) is 12.8 Å². The Labute approximate surface area is 159 Å². The standard InChI is InChI=1S/C20H26N4OS/c1-5-16-13(2)21-17-7-6-8-18(19(16)17)23-24(3)20(25)22-14-9-11-15(26-4)12-10-14/h9-12,21H,5-8H2,1-4H3,(H,22,25)/b23-18+. The second-order valence-electron chi connectivity index (χ2n) is 6.52. The van der Waals surface area contributed by atoms with Crippen LogP contribution in [0.5, 0.6) is 0 Å². The van der Waals surface area contributed by atoms with E-state index in [1.807, 2.05) is 30.5 Å². The van der Waals surface area contributed by atoms with Gasteiger partial charge in [0.1, 0.15) is 0 Å². The minimum atomic E-state index is -0.230. The average molecular weight is 371 g/mol. The summed E-state index contributed by atoms with van der Waals surface area (Å²) in [6, 6.07) is 7.58. The number of hydrazone groups is 1. The van der Waals surface area contributed by atoms with Crippen molar-refractivity contribution >= 4 is 29.2 Å². The molecule has 0 saturated heterocycles. The maximum absolute atomic E-state index is 12.5. The SMILES string of the molecule is CCc1c(C)[nH]c2c1/C(=N/N(C)C(=O)Nc1ccc(SC)cc1)CCC2. The number of thioether (sulfide) groups is 1. The first kappa shape index (κ1) is 18.6. The number of nitrogens with zero attached hydrogens (tertiary/aromatic N) is 2. The molecule has 1 heterocycles. The van der Waals surface area contributed by atoms with Gasteiger partial charge in [-0.25, -0.2) is 9.80 Å². The van der Waals surface area contributed by atoms with E-state index in [4.69, 9.17) is 0 Å². The van der Waals surface area contributed by atoms with Gasteiger partial charge < -0.3 is 10.3 Å². The Kier molecular flexibility index (Phi) is 5.71. The molecule has 0 atom stereocenters. The molecular weight excluding hydrogens is 344 g/mol. The molecule has 0 aliphatic heterocycles. The van der Waals surface area contributed by atoms with Gasteiger partial charge in [0.2, 0.25) is 0 Å². The number of benzene rings is 1. The second kappa shape index (κ2) is 7.99. The van der Waals surface area contributed by atoms with Gasteiger partial charge in [0.25, 0.3) is 0 Å². The zero-order valence-electron chi connectivity index (χ0n) is 15.8. The van der Waals surface area contributed by atoms with Gasteiger partial charge in [-0.05, 0) is 68.7 Å². The number of urea groups is 1. The Morgan fingerprint density at radius 3 is 2.69 bits per heavy atom. The van der Waals surface area contributed by atoms with E-state index in [9.17, 15) is 4.79 Å². The van der Waals surface area contributed by atoms with Gasteiger partial charge in [-0.1, -0.05) is 6.92 Å². The lowest BCUT2D eigenvalue weighted by atomic mass is 9.91. The van der Waals surface area contributed by atoms with Crippen LogP contribution in [0.2, 0.25) is 0 Å². The molecule has 2 aromatic rings. The number of H-pyrrole nitrogens is 1. The zero-order chi connectivity index (χ0) is 18.7. The fraction of sp³-hybridized carbons (Fsp3) is 0.400. The fourth-order valence-corrected chi connectivity index (χ4v) is 3.88. The molecule has 138 valence electrons. The van der Waals surface area contributed by atoms with Crippen LogP contribution >= 0.6 is 11.8 Å². The molecule has 1 aliphatic rings. The molecule has 0 bridgehead atoms. The van der Waals surface area contributed by atoms with E-state index < -0.39 is 0 Å². The van der Waals surface area contributed by atoms with Gasteiger partial charge in [0, 0.05) is 34.6 Å². The predicted octanol–water partition coefficient (Wildman–Crippen LogP) is 4.81. The van der Waals surface area contributed by atoms with Crippen molar-refractivity contribution in [2.45, 2.75) is 44.4 Å². The zero-order valence-corrected chi connectivity index (χ0v) is 16.7. The minimum absolute atomic E-state index is 0.230. The summed E-state index contributed by atoms with van der Waals surface area (Å²) < 4.78 is 0. The van der Waals surface area contributed by atoms with E-state index in [2.05, 4.69) is 29.2 Å².